The monoisotopic (exact) mass is 435 g/mol. The van der Waals surface area contributed by atoms with Gasteiger partial charge in [-0.2, -0.15) is 0 Å². The van der Waals surface area contributed by atoms with Gasteiger partial charge in [0, 0.05) is 23.4 Å². The molecule has 1 aliphatic rings. The number of piperidine rings is 1. The van der Waals surface area contributed by atoms with Crippen LogP contribution in [-0.2, 0) is 0 Å². The zero-order valence-electron chi connectivity index (χ0n) is 17.7. The number of carbonyl (C=O) groups is 2. The second-order valence-corrected chi connectivity index (χ2v) is 7.52. The molecule has 0 saturated carbocycles. The number of anilines is 1. The van der Waals surface area contributed by atoms with Crippen molar-refractivity contribution in [1.29, 1.82) is 0 Å². The van der Waals surface area contributed by atoms with Gasteiger partial charge in [-0.3, -0.25) is 9.59 Å². The van der Waals surface area contributed by atoms with Crippen molar-refractivity contribution in [1.82, 2.24) is 20.0 Å². The van der Waals surface area contributed by atoms with Crippen molar-refractivity contribution in [2.45, 2.75) is 25.3 Å². The lowest BCUT2D eigenvalue weighted by atomic mass is 10.0. The molecule has 0 spiro atoms. The number of primary amides is 1. The number of methoxy groups -OCH3 is 1. The van der Waals surface area contributed by atoms with E-state index in [1.807, 2.05) is 0 Å². The van der Waals surface area contributed by atoms with E-state index in [1.165, 1.54) is 4.68 Å². The average Bonchev–Trinajstić information content (AvgIpc) is 3.17. The molecule has 10 nitrogen and oxygen atoms in total. The topological polar surface area (TPSA) is 150 Å². The van der Waals surface area contributed by atoms with E-state index >= 15 is 0 Å². The molecule has 0 aliphatic carbocycles. The van der Waals surface area contributed by atoms with Crippen molar-refractivity contribution in [2.24, 2.45) is 5.73 Å². The minimum Gasteiger partial charge on any atom is -0.497 e. The second kappa shape index (κ2) is 9.06. The number of carbonyl (C=O) groups excluding carboxylic acids is 2. The van der Waals surface area contributed by atoms with Gasteiger partial charge < -0.3 is 26.9 Å². The van der Waals surface area contributed by atoms with Crippen LogP contribution in [0.5, 0.6) is 5.75 Å². The molecule has 1 fully saturated rings. The number of rotatable bonds is 6. The van der Waals surface area contributed by atoms with Gasteiger partial charge in [0.1, 0.15) is 23.1 Å². The number of aromatic nitrogens is 3. The highest BCUT2D eigenvalue weighted by Gasteiger charge is 2.27. The van der Waals surface area contributed by atoms with Gasteiger partial charge in [-0.15, -0.1) is 0 Å². The quantitative estimate of drug-likeness (QED) is 0.431. The molecule has 1 atom stereocenters. The van der Waals surface area contributed by atoms with Gasteiger partial charge >= 0.3 is 0 Å². The summed E-state index contributed by atoms with van der Waals surface area (Å²) in [7, 11) is 1.54. The lowest BCUT2D eigenvalue weighted by molar-refractivity contribution is 0.0991. The Morgan fingerprint density at radius 1 is 1.22 bits per heavy atom. The Kier molecular flexibility index (Phi) is 6.04. The first-order valence-corrected chi connectivity index (χ1v) is 10.3. The molecule has 3 aromatic rings. The molecule has 1 aromatic carbocycles. The van der Waals surface area contributed by atoms with E-state index in [2.05, 4.69) is 20.6 Å². The number of nitrogens with two attached hydrogens (primary N) is 2. The Morgan fingerprint density at radius 3 is 2.66 bits per heavy atom. The maximum atomic E-state index is 12.6. The number of pyridine rings is 1. The fraction of sp³-hybridized carbons (Fsp3) is 0.273. The number of amides is 2. The number of imidazole rings is 1. The molecule has 4 rings (SSSR count). The molecule has 10 heteroatoms. The van der Waals surface area contributed by atoms with Crippen LogP contribution in [0.3, 0.4) is 0 Å². The number of nitrogen functional groups attached to an aromatic ring is 1. The van der Waals surface area contributed by atoms with E-state index in [4.69, 9.17) is 16.3 Å². The van der Waals surface area contributed by atoms with Crippen molar-refractivity contribution in [3.8, 4) is 17.0 Å². The normalized spacial score (nSPS) is 15.8. The first-order valence-electron chi connectivity index (χ1n) is 10.3. The summed E-state index contributed by atoms with van der Waals surface area (Å²) in [6.45, 7) is 0.866. The Bertz CT molecular complexity index is 1130. The third-order valence-electron chi connectivity index (χ3n) is 5.42. The summed E-state index contributed by atoms with van der Waals surface area (Å²) in [5.74, 6) is 6.73. The maximum Gasteiger partial charge on any atom is 0.269 e. The van der Waals surface area contributed by atoms with Crippen LogP contribution in [0, 0.1) is 0 Å². The molecule has 6 N–H and O–H groups in total. The number of ether oxygens (including phenoxy) is 1. The molecular formula is C22H25N7O3. The summed E-state index contributed by atoms with van der Waals surface area (Å²) < 4.78 is 6.41. The molecule has 0 radical (unpaired) electrons. The van der Waals surface area contributed by atoms with Gasteiger partial charge in [0.15, 0.2) is 5.69 Å². The van der Waals surface area contributed by atoms with Crippen LogP contribution in [0.1, 0.15) is 52.0 Å². The third-order valence-corrected chi connectivity index (χ3v) is 5.42. The van der Waals surface area contributed by atoms with Crippen LogP contribution in [0.25, 0.3) is 11.3 Å². The lowest BCUT2D eigenvalue weighted by Gasteiger charge is -2.22. The van der Waals surface area contributed by atoms with Gasteiger partial charge in [0.2, 0.25) is 0 Å². The molecule has 32 heavy (non-hydrogen) atoms. The fourth-order valence-electron chi connectivity index (χ4n) is 3.78. The summed E-state index contributed by atoms with van der Waals surface area (Å²) in [4.78, 5) is 33.5. The van der Waals surface area contributed by atoms with Crippen molar-refractivity contribution >= 4 is 17.6 Å². The third kappa shape index (κ3) is 4.26. The van der Waals surface area contributed by atoms with E-state index in [9.17, 15) is 9.59 Å². The minimum atomic E-state index is -0.664. The molecule has 1 aliphatic heterocycles. The number of nitrogens with zero attached hydrogens (tertiary/aromatic N) is 3. The van der Waals surface area contributed by atoms with E-state index in [0.717, 1.165) is 25.8 Å². The smallest absolute Gasteiger partial charge is 0.269 e. The van der Waals surface area contributed by atoms with Gasteiger partial charge in [-0.05, 0) is 37.6 Å². The highest BCUT2D eigenvalue weighted by molar-refractivity contribution is 6.04. The Morgan fingerprint density at radius 2 is 2.00 bits per heavy atom. The summed E-state index contributed by atoms with van der Waals surface area (Å²) in [5.41, 5.74) is 7.18. The molecule has 2 aromatic heterocycles. The molecule has 3 heterocycles. The standard InChI is InChI=1S/C22H25N7O3/c1-32-15-9-11-26-17(12-15)27-22(31)14-7-5-13(6-8-14)18-19(20(23)30)29(24)21(28-18)16-4-2-3-10-25-16/h5-9,11-12,16,25H,2-4,10,24H2,1H3,(H2,23,30)(H,26,27,31). The Labute approximate surface area is 185 Å². The first kappa shape index (κ1) is 21.3. The Hall–Kier alpha value is -3.92. The van der Waals surface area contributed by atoms with Crippen LogP contribution < -0.4 is 26.9 Å². The number of hydrogen-bond acceptors (Lipinski definition) is 7. The van der Waals surface area contributed by atoms with Gasteiger partial charge in [-0.25, -0.2) is 14.6 Å². The van der Waals surface area contributed by atoms with Gasteiger partial charge in [0.05, 0.1) is 13.2 Å². The van der Waals surface area contributed by atoms with E-state index < -0.39 is 5.91 Å². The van der Waals surface area contributed by atoms with Crippen LogP contribution in [0.15, 0.2) is 42.6 Å². The van der Waals surface area contributed by atoms with E-state index in [-0.39, 0.29) is 17.6 Å². The van der Waals surface area contributed by atoms with Crippen molar-refractivity contribution in [3.63, 3.8) is 0 Å². The average molecular weight is 435 g/mol. The summed E-state index contributed by atoms with van der Waals surface area (Å²) >= 11 is 0. The zero-order chi connectivity index (χ0) is 22.7. The lowest BCUT2D eigenvalue weighted by Crippen LogP contribution is -2.32. The molecule has 1 unspecified atom stereocenters. The molecule has 1 saturated heterocycles. The Balaban J connectivity index is 1.59. The largest absolute Gasteiger partial charge is 0.497 e. The van der Waals surface area contributed by atoms with Gasteiger partial charge in [0.25, 0.3) is 11.8 Å². The second-order valence-electron chi connectivity index (χ2n) is 7.52. The van der Waals surface area contributed by atoms with Crippen LogP contribution in [0.2, 0.25) is 0 Å². The zero-order valence-corrected chi connectivity index (χ0v) is 17.7. The predicted molar refractivity (Wildman–Crippen MR) is 120 cm³/mol. The highest BCUT2D eigenvalue weighted by Crippen LogP contribution is 2.29. The number of benzene rings is 1. The fourth-order valence-corrected chi connectivity index (χ4v) is 3.78. The predicted octanol–water partition coefficient (Wildman–Crippen LogP) is 1.83. The summed E-state index contributed by atoms with van der Waals surface area (Å²) in [6.07, 6.45) is 4.57. The van der Waals surface area contributed by atoms with Crippen LogP contribution in [-0.4, -0.2) is 40.1 Å². The number of nitrogens with one attached hydrogen (secondary N) is 2. The van der Waals surface area contributed by atoms with Gasteiger partial charge in [-0.1, -0.05) is 18.6 Å². The van der Waals surface area contributed by atoms with Crippen molar-refractivity contribution < 1.29 is 14.3 Å². The van der Waals surface area contributed by atoms with E-state index in [1.54, 1.807) is 49.7 Å². The molecular weight excluding hydrogens is 410 g/mol. The minimum absolute atomic E-state index is 0.0407. The SMILES string of the molecule is COc1ccnc(NC(=O)c2ccc(-c3nc(C4CCCCN4)n(N)c3C(N)=O)cc2)c1. The molecule has 0 bridgehead atoms. The summed E-state index contributed by atoms with van der Waals surface area (Å²) in [6, 6.07) is 9.98. The van der Waals surface area contributed by atoms with Crippen molar-refractivity contribution in [3.05, 3.63) is 59.7 Å². The summed E-state index contributed by atoms with van der Waals surface area (Å²) in [5, 5.41) is 6.11. The highest BCUT2D eigenvalue weighted by atomic mass is 16.5. The number of hydrogen-bond donors (Lipinski definition) is 4. The maximum absolute atomic E-state index is 12.6. The first-order chi connectivity index (χ1) is 15.5. The van der Waals surface area contributed by atoms with E-state index in [0.29, 0.717) is 34.2 Å². The van der Waals surface area contributed by atoms with Crippen molar-refractivity contribution in [2.75, 3.05) is 24.8 Å². The van der Waals surface area contributed by atoms with Crippen LogP contribution in [0.4, 0.5) is 5.82 Å². The molecule has 166 valence electrons. The molecule has 2 amide bonds. The van der Waals surface area contributed by atoms with Crippen LogP contribution >= 0.6 is 0 Å².